The molecular weight excluding hydrogens is 459 g/mol. The van der Waals surface area contributed by atoms with E-state index in [1.807, 2.05) is 6.07 Å². The molecule has 0 unspecified atom stereocenters. The number of carbonyl (C=O) groups is 1. The van der Waals surface area contributed by atoms with Gasteiger partial charge in [-0.05, 0) is 80.1 Å². The second-order valence-electron chi connectivity index (χ2n) is 9.77. The third-order valence-corrected chi connectivity index (χ3v) is 7.21. The Hall–Kier alpha value is -3.49. The van der Waals surface area contributed by atoms with Crippen LogP contribution in [0.3, 0.4) is 0 Å². The highest BCUT2D eigenvalue weighted by atomic mass is 19.1. The van der Waals surface area contributed by atoms with Crippen molar-refractivity contribution in [3.05, 3.63) is 70.7 Å². The number of aromatic hydroxyl groups is 1. The minimum Gasteiger partial charge on any atom is -0.508 e. The van der Waals surface area contributed by atoms with E-state index >= 15 is 0 Å². The molecule has 1 saturated heterocycles. The molecule has 4 N–H and O–H groups in total. The summed E-state index contributed by atoms with van der Waals surface area (Å²) in [6.07, 6.45) is 4.84. The molecule has 0 atom stereocenters. The second-order valence-corrected chi connectivity index (χ2v) is 9.77. The molecule has 188 valence electrons. The molecular formula is C28H31FN4O3. The van der Waals surface area contributed by atoms with E-state index in [4.69, 9.17) is 0 Å². The van der Waals surface area contributed by atoms with E-state index in [1.165, 1.54) is 12.1 Å². The first kappa shape index (κ1) is 24.2. The molecule has 1 fully saturated rings. The number of nitrogens with zero attached hydrogens (tertiary/aromatic N) is 2. The number of carbonyl (C=O) groups excluding carboxylic acids is 1. The van der Waals surface area contributed by atoms with Crippen molar-refractivity contribution in [3.8, 4) is 5.75 Å². The third-order valence-electron chi connectivity index (χ3n) is 7.21. The lowest BCUT2D eigenvalue weighted by molar-refractivity contribution is 0.0995. The van der Waals surface area contributed by atoms with Crippen LogP contribution in [-0.4, -0.2) is 45.6 Å². The van der Waals surface area contributed by atoms with Crippen LogP contribution in [0.4, 0.5) is 27.3 Å². The number of hydrogen-bond donors (Lipinski definition) is 4. The Kier molecular flexibility index (Phi) is 6.89. The van der Waals surface area contributed by atoms with Crippen LogP contribution < -0.4 is 10.6 Å². The summed E-state index contributed by atoms with van der Waals surface area (Å²) in [7, 11) is 0. The number of Topliss-reactive ketones (excluding diaryl/α,β-unsaturated/α-hetero) is 1. The summed E-state index contributed by atoms with van der Waals surface area (Å²) in [6.45, 7) is 4.72. The van der Waals surface area contributed by atoms with Crippen LogP contribution in [0.15, 0.2) is 42.6 Å². The lowest BCUT2D eigenvalue weighted by atomic mass is 9.93. The molecule has 5 rings (SSSR count). The summed E-state index contributed by atoms with van der Waals surface area (Å²) < 4.78 is 14.5. The fraction of sp³-hybridized carbons (Fsp3) is 0.357. The zero-order chi connectivity index (χ0) is 25.2. The van der Waals surface area contributed by atoms with Gasteiger partial charge >= 0.3 is 0 Å². The standard InChI is InChI=1S/C28H31FN4O3/c1-17-12-21(29)24(15-25(17)35)31-23-4-8-30-28-27(23)26(36)14-20-13-19(2-3-22(20)32-28)16-33-9-5-18(6-10-33)7-11-34/h2-4,8,12-13,15,18,34-35H,5-7,9-11,14,16H2,1H3,(H2,30,31,32). The van der Waals surface area contributed by atoms with Crippen molar-refractivity contribution >= 4 is 28.7 Å². The lowest BCUT2D eigenvalue weighted by Gasteiger charge is -2.31. The monoisotopic (exact) mass is 490 g/mol. The molecule has 36 heavy (non-hydrogen) atoms. The molecule has 3 aromatic rings. The summed E-state index contributed by atoms with van der Waals surface area (Å²) >= 11 is 0. The number of nitrogens with one attached hydrogen (secondary N) is 2. The first-order valence-corrected chi connectivity index (χ1v) is 12.4. The molecule has 8 heteroatoms. The number of phenolic OH excluding ortho intramolecular Hbond substituents is 1. The number of hydrogen-bond acceptors (Lipinski definition) is 7. The van der Waals surface area contributed by atoms with E-state index in [1.54, 1.807) is 19.2 Å². The van der Waals surface area contributed by atoms with Crippen molar-refractivity contribution in [2.75, 3.05) is 30.3 Å². The molecule has 0 radical (unpaired) electrons. The quantitative estimate of drug-likeness (QED) is 0.384. The number of halogens is 1. The highest BCUT2D eigenvalue weighted by Gasteiger charge is 2.25. The van der Waals surface area contributed by atoms with Crippen LogP contribution in [0.25, 0.3) is 0 Å². The normalized spacial score (nSPS) is 16.1. The highest BCUT2D eigenvalue weighted by molar-refractivity contribution is 6.09. The van der Waals surface area contributed by atoms with Crippen molar-refractivity contribution in [2.45, 2.75) is 39.2 Å². The number of phenols is 1. The van der Waals surface area contributed by atoms with Gasteiger partial charge in [-0.25, -0.2) is 9.37 Å². The molecule has 0 bridgehead atoms. The number of aryl methyl sites for hydroxylation is 1. The Morgan fingerprint density at radius 1 is 1.17 bits per heavy atom. The number of benzene rings is 2. The number of aliphatic hydroxyl groups is 1. The van der Waals surface area contributed by atoms with Crippen LogP contribution in [0.2, 0.25) is 0 Å². The number of piperidine rings is 1. The maximum atomic E-state index is 14.5. The minimum atomic E-state index is -0.516. The number of aliphatic hydroxyl groups excluding tert-OH is 1. The molecule has 0 saturated carbocycles. The lowest BCUT2D eigenvalue weighted by Crippen LogP contribution is -2.33. The van der Waals surface area contributed by atoms with Gasteiger partial charge < -0.3 is 20.8 Å². The van der Waals surface area contributed by atoms with Gasteiger partial charge in [0.15, 0.2) is 5.78 Å². The number of ketones is 1. The highest BCUT2D eigenvalue weighted by Crippen LogP contribution is 2.36. The van der Waals surface area contributed by atoms with Gasteiger partial charge in [-0.15, -0.1) is 0 Å². The van der Waals surface area contributed by atoms with Crippen LogP contribution in [-0.2, 0) is 13.0 Å². The number of anilines is 4. The molecule has 0 amide bonds. The van der Waals surface area contributed by atoms with Crippen LogP contribution in [0.1, 0.15) is 46.3 Å². The van der Waals surface area contributed by atoms with E-state index in [0.29, 0.717) is 28.6 Å². The number of aromatic nitrogens is 1. The summed E-state index contributed by atoms with van der Waals surface area (Å²) in [5, 5.41) is 25.5. The molecule has 2 aliphatic heterocycles. The predicted molar refractivity (Wildman–Crippen MR) is 138 cm³/mol. The van der Waals surface area contributed by atoms with Crippen LogP contribution in [0, 0.1) is 18.7 Å². The Morgan fingerprint density at radius 3 is 2.75 bits per heavy atom. The SMILES string of the molecule is Cc1cc(F)c(Nc2ccnc3c2C(=O)Cc2cc(CN4CCC(CCO)CC4)ccc2N3)cc1O. The van der Waals surface area contributed by atoms with Crippen molar-refractivity contribution in [1.82, 2.24) is 9.88 Å². The smallest absolute Gasteiger partial charge is 0.173 e. The van der Waals surface area contributed by atoms with E-state index in [9.17, 15) is 19.4 Å². The van der Waals surface area contributed by atoms with Crippen LogP contribution >= 0.6 is 0 Å². The first-order valence-electron chi connectivity index (χ1n) is 12.4. The number of likely N-dealkylation sites (tertiary alicyclic amines) is 1. The Bertz CT molecular complexity index is 1290. The third kappa shape index (κ3) is 5.05. The molecule has 7 nitrogen and oxygen atoms in total. The average molecular weight is 491 g/mol. The average Bonchev–Trinajstić information content (AvgIpc) is 2.99. The summed E-state index contributed by atoms with van der Waals surface area (Å²) in [5.74, 6) is 0.357. The van der Waals surface area contributed by atoms with E-state index in [2.05, 4.69) is 32.7 Å². The Morgan fingerprint density at radius 2 is 1.97 bits per heavy atom. The van der Waals surface area contributed by atoms with Gasteiger partial charge in [0, 0.05) is 37.5 Å². The molecule has 2 aliphatic rings. The van der Waals surface area contributed by atoms with Crippen molar-refractivity contribution < 1.29 is 19.4 Å². The van der Waals surface area contributed by atoms with E-state index in [0.717, 1.165) is 55.7 Å². The maximum absolute atomic E-state index is 14.5. The molecule has 3 heterocycles. The van der Waals surface area contributed by atoms with Crippen LogP contribution in [0.5, 0.6) is 5.75 Å². The largest absolute Gasteiger partial charge is 0.508 e. The fourth-order valence-electron chi connectivity index (χ4n) is 5.12. The molecule has 0 aliphatic carbocycles. The summed E-state index contributed by atoms with van der Waals surface area (Å²) in [4.78, 5) is 20.2. The van der Waals surface area contributed by atoms with Gasteiger partial charge in [-0.1, -0.05) is 12.1 Å². The van der Waals surface area contributed by atoms with Gasteiger partial charge in [-0.3, -0.25) is 9.69 Å². The Balaban J connectivity index is 1.35. The summed E-state index contributed by atoms with van der Waals surface area (Å²) in [5.41, 5.74) is 4.20. The minimum absolute atomic E-state index is 0.0268. The Labute approximate surface area is 210 Å². The van der Waals surface area contributed by atoms with E-state index < -0.39 is 5.82 Å². The zero-order valence-corrected chi connectivity index (χ0v) is 20.4. The maximum Gasteiger partial charge on any atom is 0.173 e. The number of rotatable bonds is 6. The van der Waals surface area contributed by atoms with Crippen molar-refractivity contribution in [2.24, 2.45) is 5.92 Å². The number of pyridine rings is 1. The van der Waals surface area contributed by atoms with Gasteiger partial charge in [-0.2, -0.15) is 0 Å². The van der Waals surface area contributed by atoms with Gasteiger partial charge in [0.1, 0.15) is 17.4 Å². The topological polar surface area (TPSA) is 97.7 Å². The van der Waals surface area contributed by atoms with E-state index in [-0.39, 0.29) is 30.2 Å². The molecule has 0 spiro atoms. The fourth-order valence-corrected chi connectivity index (χ4v) is 5.12. The number of fused-ring (bicyclic) bond motifs is 2. The van der Waals surface area contributed by atoms with Gasteiger partial charge in [0.25, 0.3) is 0 Å². The zero-order valence-electron chi connectivity index (χ0n) is 20.4. The van der Waals surface area contributed by atoms with Crippen molar-refractivity contribution in [3.63, 3.8) is 0 Å². The first-order chi connectivity index (χ1) is 17.4. The van der Waals surface area contributed by atoms with Gasteiger partial charge in [0.05, 0.1) is 16.9 Å². The second kappa shape index (κ2) is 10.2. The van der Waals surface area contributed by atoms with Gasteiger partial charge in [0.2, 0.25) is 0 Å². The van der Waals surface area contributed by atoms with Crippen molar-refractivity contribution in [1.29, 1.82) is 0 Å². The summed E-state index contributed by atoms with van der Waals surface area (Å²) in [6, 6.07) is 10.4. The molecule has 1 aromatic heterocycles. The molecule has 2 aromatic carbocycles. The predicted octanol–water partition coefficient (Wildman–Crippen LogP) is 5.06.